The summed E-state index contributed by atoms with van der Waals surface area (Å²) >= 11 is 0. The molecule has 17 heavy (non-hydrogen) atoms. The summed E-state index contributed by atoms with van der Waals surface area (Å²) in [6.07, 6.45) is 11.8. The average Bonchev–Trinajstić information content (AvgIpc) is 2.91. The predicted molar refractivity (Wildman–Crippen MR) is 68.9 cm³/mol. The summed E-state index contributed by atoms with van der Waals surface area (Å²) in [5.74, 6) is 1.02. The summed E-state index contributed by atoms with van der Waals surface area (Å²) in [4.78, 5) is 11.5. The maximum atomic E-state index is 11.5. The van der Waals surface area contributed by atoms with Crippen molar-refractivity contribution in [1.82, 2.24) is 0 Å². The first-order chi connectivity index (χ1) is 8.18. The minimum absolute atomic E-state index is 0.321. The monoisotopic (exact) mass is 238 g/mol. The summed E-state index contributed by atoms with van der Waals surface area (Å²) in [7, 11) is 0. The first-order valence-corrected chi connectivity index (χ1v) is 7.41. The van der Waals surface area contributed by atoms with E-state index >= 15 is 0 Å². The van der Waals surface area contributed by atoms with Crippen molar-refractivity contribution < 1.29 is 9.90 Å². The second-order valence-electron chi connectivity index (χ2n) is 6.27. The summed E-state index contributed by atoms with van der Waals surface area (Å²) in [5, 5.41) is 9.44. The van der Waals surface area contributed by atoms with Gasteiger partial charge in [0.15, 0.2) is 0 Å². The van der Waals surface area contributed by atoms with Gasteiger partial charge < -0.3 is 5.11 Å². The van der Waals surface area contributed by atoms with E-state index in [-0.39, 0.29) is 5.41 Å². The van der Waals surface area contributed by atoms with E-state index in [9.17, 15) is 9.90 Å². The van der Waals surface area contributed by atoms with Gasteiger partial charge in [-0.25, -0.2) is 0 Å². The molecule has 0 heterocycles. The van der Waals surface area contributed by atoms with Crippen molar-refractivity contribution in [2.24, 2.45) is 17.3 Å². The predicted octanol–water partition coefficient (Wildman–Crippen LogP) is 4.24. The molecule has 0 bridgehead atoms. The SMILES string of the molecule is CCCCCCCCC1(C(=O)O)CC2CC2C1. The molecule has 2 aliphatic carbocycles. The van der Waals surface area contributed by atoms with Crippen LogP contribution in [0, 0.1) is 17.3 Å². The van der Waals surface area contributed by atoms with Crippen LogP contribution in [0.3, 0.4) is 0 Å². The molecule has 2 aliphatic rings. The van der Waals surface area contributed by atoms with Crippen molar-refractivity contribution in [3.63, 3.8) is 0 Å². The van der Waals surface area contributed by atoms with Gasteiger partial charge in [-0.2, -0.15) is 0 Å². The van der Waals surface area contributed by atoms with E-state index in [1.807, 2.05) is 0 Å². The van der Waals surface area contributed by atoms with E-state index in [0.717, 1.165) is 37.5 Å². The molecule has 0 amide bonds. The fraction of sp³-hybridized carbons (Fsp3) is 0.933. The van der Waals surface area contributed by atoms with Crippen LogP contribution in [0.5, 0.6) is 0 Å². The third kappa shape index (κ3) is 3.02. The molecule has 2 fully saturated rings. The number of carbonyl (C=O) groups is 1. The Labute approximate surface area is 105 Å². The van der Waals surface area contributed by atoms with Crippen molar-refractivity contribution in [3.8, 4) is 0 Å². The highest BCUT2D eigenvalue weighted by molar-refractivity contribution is 5.75. The van der Waals surface area contributed by atoms with E-state index in [2.05, 4.69) is 6.92 Å². The average molecular weight is 238 g/mol. The molecule has 2 rings (SSSR count). The summed E-state index contributed by atoms with van der Waals surface area (Å²) in [5.41, 5.74) is -0.321. The number of unbranched alkanes of at least 4 members (excludes halogenated alkanes) is 5. The number of carboxylic acid groups (broad SMARTS) is 1. The number of rotatable bonds is 8. The van der Waals surface area contributed by atoms with Crippen molar-refractivity contribution in [2.45, 2.75) is 71.1 Å². The number of hydrogen-bond acceptors (Lipinski definition) is 1. The van der Waals surface area contributed by atoms with Gasteiger partial charge in [-0.15, -0.1) is 0 Å². The van der Waals surface area contributed by atoms with Gasteiger partial charge in [0.1, 0.15) is 0 Å². The third-order valence-corrected chi connectivity index (χ3v) is 4.84. The molecule has 98 valence electrons. The molecule has 2 nitrogen and oxygen atoms in total. The second kappa shape index (κ2) is 5.41. The molecule has 0 radical (unpaired) electrons. The molecule has 0 aliphatic heterocycles. The van der Waals surface area contributed by atoms with Crippen molar-refractivity contribution in [2.75, 3.05) is 0 Å². The standard InChI is InChI=1S/C15H26O2/c1-2-3-4-5-6-7-8-15(14(16)17)10-12-9-13(12)11-15/h12-13H,2-11H2,1H3,(H,16,17). The molecule has 2 saturated carbocycles. The van der Waals surface area contributed by atoms with Crippen LogP contribution in [0.4, 0.5) is 0 Å². The summed E-state index contributed by atoms with van der Waals surface area (Å²) in [6, 6.07) is 0. The van der Waals surface area contributed by atoms with Crippen molar-refractivity contribution >= 4 is 5.97 Å². The van der Waals surface area contributed by atoms with Crippen LogP contribution in [0.15, 0.2) is 0 Å². The molecule has 2 heteroatoms. The summed E-state index contributed by atoms with van der Waals surface area (Å²) in [6.45, 7) is 2.23. The number of carboxylic acids is 1. The zero-order valence-electron chi connectivity index (χ0n) is 11.1. The van der Waals surface area contributed by atoms with Gasteiger partial charge >= 0.3 is 5.97 Å². The molecule has 0 aromatic carbocycles. The highest BCUT2D eigenvalue weighted by Crippen LogP contribution is 2.61. The lowest BCUT2D eigenvalue weighted by molar-refractivity contribution is -0.149. The minimum Gasteiger partial charge on any atom is -0.481 e. The smallest absolute Gasteiger partial charge is 0.309 e. The second-order valence-corrected chi connectivity index (χ2v) is 6.27. The Bertz CT molecular complexity index is 262. The maximum Gasteiger partial charge on any atom is 0.309 e. The lowest BCUT2D eigenvalue weighted by Crippen LogP contribution is -2.29. The maximum absolute atomic E-state index is 11.5. The van der Waals surface area contributed by atoms with E-state index in [1.165, 1.54) is 38.5 Å². The quantitative estimate of drug-likeness (QED) is 0.642. The van der Waals surface area contributed by atoms with Gasteiger partial charge in [0, 0.05) is 0 Å². The molecule has 2 unspecified atom stereocenters. The molecule has 0 saturated heterocycles. The first-order valence-electron chi connectivity index (χ1n) is 7.41. The van der Waals surface area contributed by atoms with Crippen LogP contribution < -0.4 is 0 Å². The van der Waals surface area contributed by atoms with E-state index in [4.69, 9.17) is 0 Å². The van der Waals surface area contributed by atoms with Crippen LogP contribution in [-0.4, -0.2) is 11.1 Å². The fourth-order valence-corrected chi connectivity index (χ4v) is 3.63. The Morgan fingerprint density at radius 3 is 2.29 bits per heavy atom. The fourth-order valence-electron chi connectivity index (χ4n) is 3.63. The van der Waals surface area contributed by atoms with Gasteiger partial charge in [0.25, 0.3) is 0 Å². The van der Waals surface area contributed by atoms with Crippen LogP contribution in [-0.2, 0) is 4.79 Å². The van der Waals surface area contributed by atoms with Crippen LogP contribution in [0.2, 0.25) is 0 Å². The zero-order valence-corrected chi connectivity index (χ0v) is 11.1. The van der Waals surface area contributed by atoms with Gasteiger partial charge in [-0.1, -0.05) is 45.4 Å². The zero-order chi connectivity index (χ0) is 12.3. The largest absolute Gasteiger partial charge is 0.481 e. The highest BCUT2D eigenvalue weighted by atomic mass is 16.4. The van der Waals surface area contributed by atoms with Crippen LogP contribution >= 0.6 is 0 Å². The minimum atomic E-state index is -0.516. The normalized spacial score (nSPS) is 34.6. The Morgan fingerprint density at radius 1 is 1.12 bits per heavy atom. The van der Waals surface area contributed by atoms with E-state index < -0.39 is 5.97 Å². The molecule has 0 spiro atoms. The van der Waals surface area contributed by atoms with Crippen molar-refractivity contribution in [1.29, 1.82) is 0 Å². The lowest BCUT2D eigenvalue weighted by Gasteiger charge is -2.25. The van der Waals surface area contributed by atoms with Crippen molar-refractivity contribution in [3.05, 3.63) is 0 Å². The highest BCUT2D eigenvalue weighted by Gasteiger charge is 2.56. The first kappa shape index (κ1) is 12.9. The van der Waals surface area contributed by atoms with E-state index in [0.29, 0.717) is 0 Å². The molecule has 1 N–H and O–H groups in total. The molecule has 0 aromatic rings. The third-order valence-electron chi connectivity index (χ3n) is 4.84. The molecule has 2 atom stereocenters. The topological polar surface area (TPSA) is 37.3 Å². The summed E-state index contributed by atoms with van der Waals surface area (Å²) < 4.78 is 0. The van der Waals surface area contributed by atoms with Crippen LogP contribution in [0.25, 0.3) is 0 Å². The molecular formula is C15H26O2. The number of aliphatic carboxylic acids is 1. The Balaban J connectivity index is 1.67. The van der Waals surface area contributed by atoms with Gasteiger partial charge in [0.2, 0.25) is 0 Å². The molecular weight excluding hydrogens is 212 g/mol. The van der Waals surface area contributed by atoms with Gasteiger partial charge in [0.05, 0.1) is 5.41 Å². The van der Waals surface area contributed by atoms with Gasteiger partial charge in [-0.3, -0.25) is 4.79 Å². The number of fused-ring (bicyclic) bond motifs is 1. The van der Waals surface area contributed by atoms with Gasteiger partial charge in [-0.05, 0) is 37.5 Å². The Morgan fingerprint density at radius 2 is 1.71 bits per heavy atom. The Hall–Kier alpha value is -0.530. The lowest BCUT2D eigenvalue weighted by atomic mass is 9.78. The van der Waals surface area contributed by atoms with E-state index in [1.54, 1.807) is 0 Å². The Kier molecular flexibility index (Phi) is 4.11. The van der Waals surface area contributed by atoms with Crippen LogP contribution in [0.1, 0.15) is 71.1 Å². The number of hydrogen-bond donors (Lipinski definition) is 1. The molecule has 0 aromatic heterocycles.